The lowest BCUT2D eigenvalue weighted by atomic mass is 10.2. The molecule has 9 heteroatoms. The molecule has 29 heavy (non-hydrogen) atoms. The number of nitrogens with zero attached hydrogens (tertiary/aromatic N) is 5. The molecule has 146 valence electrons. The van der Waals surface area contributed by atoms with Gasteiger partial charge in [0.1, 0.15) is 0 Å². The predicted molar refractivity (Wildman–Crippen MR) is 117 cm³/mol. The normalized spacial score (nSPS) is 16.7. The second-order valence-electron chi connectivity index (χ2n) is 6.36. The molecular weight excluding hydrogens is 454 g/mol. The number of aromatic nitrogens is 1. The number of hydrogen-bond acceptors (Lipinski definition) is 7. The molecule has 1 aliphatic heterocycles. The highest BCUT2D eigenvalue weighted by molar-refractivity contribution is 9.10. The van der Waals surface area contributed by atoms with Crippen molar-refractivity contribution < 1.29 is 9.90 Å². The molecule has 0 spiro atoms. The van der Waals surface area contributed by atoms with Crippen molar-refractivity contribution >= 4 is 49.7 Å². The molecule has 0 bridgehead atoms. The van der Waals surface area contributed by atoms with Gasteiger partial charge in [0.25, 0.3) is 5.91 Å². The lowest BCUT2D eigenvalue weighted by molar-refractivity contribution is -0.117. The van der Waals surface area contributed by atoms with Crippen LogP contribution in [0.5, 0.6) is 0 Å². The molecule has 2 heterocycles. The van der Waals surface area contributed by atoms with E-state index in [0.29, 0.717) is 16.5 Å². The Morgan fingerprint density at radius 2 is 2.03 bits per heavy atom. The van der Waals surface area contributed by atoms with E-state index < -0.39 is 6.04 Å². The van der Waals surface area contributed by atoms with Gasteiger partial charge in [0.15, 0.2) is 6.04 Å². The maximum absolute atomic E-state index is 12.8. The highest BCUT2D eigenvalue weighted by Gasteiger charge is 2.36. The van der Waals surface area contributed by atoms with Gasteiger partial charge in [0.2, 0.25) is 5.13 Å². The van der Waals surface area contributed by atoms with E-state index in [2.05, 4.69) is 36.2 Å². The summed E-state index contributed by atoms with van der Waals surface area (Å²) in [4.78, 5) is 17.4. The molecule has 0 fully saturated rings. The second kappa shape index (κ2) is 8.32. The van der Waals surface area contributed by atoms with Crippen LogP contribution in [0.3, 0.4) is 0 Å². The van der Waals surface area contributed by atoms with Gasteiger partial charge in [-0.25, -0.2) is 4.98 Å². The maximum Gasteiger partial charge on any atom is 0.282 e. The molecule has 4 rings (SSSR count). The number of aliphatic hydroxyl groups is 1. The molecule has 0 aliphatic carbocycles. The SMILES string of the molecule is CC1=NN(c2nc(-c3ccc(Br)cc3)cs2)C(=O)[C@H]1N=Nc1cccc(CO)c1. The summed E-state index contributed by atoms with van der Waals surface area (Å²) in [6.45, 7) is 1.67. The van der Waals surface area contributed by atoms with Gasteiger partial charge in [0, 0.05) is 15.4 Å². The molecule has 2 aromatic carbocycles. The summed E-state index contributed by atoms with van der Waals surface area (Å²) >= 11 is 4.77. The molecule has 0 saturated carbocycles. The number of halogens is 1. The van der Waals surface area contributed by atoms with Crippen LogP contribution in [0.15, 0.2) is 73.7 Å². The molecule has 1 atom stereocenters. The molecule has 1 N–H and O–H groups in total. The summed E-state index contributed by atoms with van der Waals surface area (Å²) in [6.07, 6.45) is 0. The number of hydrazone groups is 1. The van der Waals surface area contributed by atoms with Crippen molar-refractivity contribution in [3.63, 3.8) is 0 Å². The molecule has 0 radical (unpaired) electrons. The van der Waals surface area contributed by atoms with Crippen molar-refractivity contribution in [2.45, 2.75) is 19.6 Å². The van der Waals surface area contributed by atoms with E-state index in [0.717, 1.165) is 21.3 Å². The van der Waals surface area contributed by atoms with Crippen LogP contribution >= 0.6 is 27.3 Å². The van der Waals surface area contributed by atoms with E-state index in [1.165, 1.54) is 16.3 Å². The Balaban J connectivity index is 1.53. The first-order chi connectivity index (χ1) is 14.0. The minimum absolute atomic E-state index is 0.0786. The van der Waals surface area contributed by atoms with E-state index in [1.54, 1.807) is 31.2 Å². The van der Waals surface area contributed by atoms with Crippen LogP contribution in [-0.4, -0.2) is 27.8 Å². The third-order valence-corrected chi connectivity index (χ3v) is 5.64. The number of aliphatic hydroxyl groups excluding tert-OH is 1. The topological polar surface area (TPSA) is 90.5 Å². The fourth-order valence-corrected chi connectivity index (χ4v) is 3.83. The van der Waals surface area contributed by atoms with Crippen molar-refractivity contribution in [3.8, 4) is 11.3 Å². The number of azo groups is 1. The average Bonchev–Trinajstić information content (AvgIpc) is 3.32. The Morgan fingerprint density at radius 3 is 2.79 bits per heavy atom. The van der Waals surface area contributed by atoms with E-state index >= 15 is 0 Å². The largest absolute Gasteiger partial charge is 0.392 e. The summed E-state index contributed by atoms with van der Waals surface area (Å²) in [5, 5.41) is 25.6. The fourth-order valence-electron chi connectivity index (χ4n) is 2.78. The van der Waals surface area contributed by atoms with E-state index in [4.69, 9.17) is 0 Å². The number of benzene rings is 2. The number of carbonyl (C=O) groups excluding carboxylic acids is 1. The smallest absolute Gasteiger partial charge is 0.282 e. The first-order valence-corrected chi connectivity index (χ1v) is 10.4. The van der Waals surface area contributed by atoms with E-state index in [1.807, 2.05) is 29.6 Å². The van der Waals surface area contributed by atoms with Crippen LogP contribution in [0.4, 0.5) is 10.8 Å². The number of amides is 1. The molecule has 1 amide bonds. The second-order valence-corrected chi connectivity index (χ2v) is 8.11. The van der Waals surface area contributed by atoms with Gasteiger partial charge in [-0.3, -0.25) is 4.79 Å². The van der Waals surface area contributed by atoms with Crippen LogP contribution in [0, 0.1) is 0 Å². The number of carbonyl (C=O) groups is 1. The predicted octanol–water partition coefficient (Wildman–Crippen LogP) is 4.94. The summed E-state index contributed by atoms with van der Waals surface area (Å²) in [6, 6.07) is 14.1. The number of rotatable bonds is 5. The molecule has 1 aromatic heterocycles. The molecule has 3 aromatic rings. The van der Waals surface area contributed by atoms with Crippen molar-refractivity contribution in [1.82, 2.24) is 4.98 Å². The molecule has 0 saturated heterocycles. The zero-order chi connectivity index (χ0) is 20.4. The van der Waals surface area contributed by atoms with Crippen molar-refractivity contribution in [2.24, 2.45) is 15.3 Å². The Hall–Kier alpha value is -2.75. The van der Waals surface area contributed by atoms with Crippen molar-refractivity contribution in [1.29, 1.82) is 0 Å². The Labute approximate surface area is 179 Å². The zero-order valence-corrected chi connectivity index (χ0v) is 17.8. The number of anilines is 1. The Bertz CT molecular complexity index is 1110. The molecule has 0 unspecified atom stereocenters. The lowest BCUT2D eigenvalue weighted by Gasteiger charge is -2.08. The summed E-state index contributed by atoms with van der Waals surface area (Å²) in [5.41, 5.74) is 3.60. The molecule has 1 aliphatic rings. The van der Waals surface area contributed by atoms with Gasteiger partial charge in [-0.05, 0) is 36.8 Å². The zero-order valence-electron chi connectivity index (χ0n) is 15.4. The van der Waals surface area contributed by atoms with Gasteiger partial charge in [-0.15, -0.1) is 11.3 Å². The maximum atomic E-state index is 12.8. The van der Waals surface area contributed by atoms with Gasteiger partial charge in [0.05, 0.1) is 23.7 Å². The molecule has 7 nitrogen and oxygen atoms in total. The van der Waals surface area contributed by atoms with E-state index in [9.17, 15) is 9.90 Å². The third-order valence-electron chi connectivity index (χ3n) is 4.29. The monoisotopic (exact) mass is 469 g/mol. The Morgan fingerprint density at radius 1 is 1.24 bits per heavy atom. The lowest BCUT2D eigenvalue weighted by Crippen LogP contribution is -2.29. The van der Waals surface area contributed by atoms with Crippen LogP contribution in [0.2, 0.25) is 0 Å². The Kier molecular flexibility index (Phi) is 5.61. The summed E-state index contributed by atoms with van der Waals surface area (Å²) < 4.78 is 0.990. The van der Waals surface area contributed by atoms with Crippen LogP contribution in [-0.2, 0) is 11.4 Å². The van der Waals surface area contributed by atoms with Gasteiger partial charge in [-0.1, -0.05) is 40.2 Å². The summed E-state index contributed by atoms with van der Waals surface area (Å²) in [5.74, 6) is -0.290. The quantitative estimate of drug-likeness (QED) is 0.536. The third kappa shape index (κ3) is 4.16. The van der Waals surface area contributed by atoms with Crippen LogP contribution < -0.4 is 5.01 Å². The number of hydrogen-bond donors (Lipinski definition) is 1. The highest BCUT2D eigenvalue weighted by Crippen LogP contribution is 2.31. The molecular formula is C20H16BrN5O2S. The van der Waals surface area contributed by atoms with Gasteiger partial charge >= 0.3 is 0 Å². The minimum Gasteiger partial charge on any atom is -0.392 e. The first-order valence-electron chi connectivity index (χ1n) is 8.76. The first kappa shape index (κ1) is 19.6. The fraction of sp³-hybridized carbons (Fsp3) is 0.150. The van der Waals surface area contributed by atoms with Gasteiger partial charge in [-0.2, -0.15) is 20.3 Å². The number of thiazole rings is 1. The standard InChI is InChI=1S/C20H16BrN5O2S/c1-12-18(24-23-16-4-2-3-13(9-16)10-27)19(28)26(25-12)20-22-17(11-29-20)14-5-7-15(21)8-6-14/h2-9,11,18,27H,10H2,1H3/t18-/m0/s1. The van der Waals surface area contributed by atoms with Crippen LogP contribution in [0.25, 0.3) is 11.3 Å². The van der Waals surface area contributed by atoms with E-state index in [-0.39, 0.29) is 12.5 Å². The average molecular weight is 470 g/mol. The summed E-state index contributed by atoms with van der Waals surface area (Å²) in [7, 11) is 0. The highest BCUT2D eigenvalue weighted by atomic mass is 79.9. The van der Waals surface area contributed by atoms with Crippen LogP contribution in [0.1, 0.15) is 12.5 Å². The minimum atomic E-state index is -0.784. The van der Waals surface area contributed by atoms with Crippen molar-refractivity contribution in [3.05, 3.63) is 63.9 Å². The van der Waals surface area contributed by atoms with Gasteiger partial charge < -0.3 is 5.11 Å². The van der Waals surface area contributed by atoms with Crippen molar-refractivity contribution in [2.75, 3.05) is 5.01 Å².